The highest BCUT2D eigenvalue weighted by atomic mass is 31.2. The van der Waals surface area contributed by atoms with E-state index in [0.29, 0.717) is 0 Å². The first-order valence-corrected chi connectivity index (χ1v) is 6.81. The van der Waals surface area contributed by atoms with E-state index >= 15 is 0 Å². The van der Waals surface area contributed by atoms with Gasteiger partial charge >= 0.3 is 21.3 Å². The lowest BCUT2D eigenvalue weighted by molar-refractivity contribution is -0.229. The van der Waals surface area contributed by atoms with Crippen LogP contribution in [0.25, 0.3) is 0 Å². The van der Waals surface area contributed by atoms with Crippen molar-refractivity contribution >= 4 is 21.1 Å². The van der Waals surface area contributed by atoms with Gasteiger partial charge in [0.25, 0.3) is 0 Å². The van der Waals surface area contributed by atoms with Crippen LogP contribution in [0.5, 0.6) is 0 Å². The number of aliphatic hydroxyl groups is 2. The third-order valence-corrected chi connectivity index (χ3v) is 3.98. The maximum absolute atomic E-state index is 11.6. The predicted molar refractivity (Wildman–Crippen MR) is 53.2 cm³/mol. The third-order valence-electron chi connectivity index (χ3n) is 1.58. The van der Waals surface area contributed by atoms with Crippen molar-refractivity contribution in [3.63, 3.8) is 0 Å². The summed E-state index contributed by atoms with van der Waals surface area (Å²) in [6.07, 6.45) is 1.15. The molecule has 8 nitrogen and oxygen atoms in total. The molecule has 16 heavy (non-hydrogen) atoms. The molecule has 1 heterocycles. The molecule has 0 radical (unpaired) electrons. The van der Waals surface area contributed by atoms with Crippen LogP contribution in [0, 0.1) is 0 Å². The molecule has 0 fully saturated rings. The van der Waals surface area contributed by atoms with E-state index in [-0.39, 0.29) is 0 Å². The zero-order chi connectivity index (χ0) is 12.4. The fraction of sp³-hybridized carbons (Fsp3) is 0.167. The molecule has 0 amide bonds. The van der Waals surface area contributed by atoms with Crippen molar-refractivity contribution in [2.45, 2.75) is 5.71 Å². The molecule has 10 heteroatoms. The summed E-state index contributed by atoms with van der Waals surface area (Å²) in [7, 11) is -8.65. The summed E-state index contributed by atoms with van der Waals surface area (Å²) in [5, 5.41) is 18.2. The van der Waals surface area contributed by atoms with Crippen molar-refractivity contribution in [2.75, 3.05) is 0 Å². The van der Waals surface area contributed by atoms with E-state index in [1.165, 1.54) is 12.1 Å². The molecule has 1 aromatic heterocycles. The number of rotatable bonds is 4. The second-order valence-electron chi connectivity index (χ2n) is 2.71. The third kappa shape index (κ3) is 2.75. The van der Waals surface area contributed by atoms with Gasteiger partial charge in [-0.15, -0.1) is 0 Å². The standard InChI is InChI=1S/C6H9NO7P2/c8-6(9,14-15(10)11)16(12,13)5-3-1-2-4-7-5/h1-4,8-9,15H,(H,10,11)(H,12,13). The molecule has 0 saturated heterocycles. The highest BCUT2D eigenvalue weighted by molar-refractivity contribution is 7.66. The normalized spacial score (nSPS) is 17.8. The molecule has 4 N–H and O–H groups in total. The van der Waals surface area contributed by atoms with Crippen molar-refractivity contribution in [3.05, 3.63) is 24.4 Å². The van der Waals surface area contributed by atoms with Gasteiger partial charge in [0, 0.05) is 6.20 Å². The molecule has 1 aromatic rings. The van der Waals surface area contributed by atoms with E-state index in [4.69, 9.17) is 15.1 Å². The second-order valence-corrected chi connectivity index (χ2v) is 5.63. The summed E-state index contributed by atoms with van der Waals surface area (Å²) in [5.41, 5.74) is -4.20. The van der Waals surface area contributed by atoms with Gasteiger partial charge in [-0.25, -0.2) is 4.52 Å². The fourth-order valence-electron chi connectivity index (χ4n) is 0.861. The van der Waals surface area contributed by atoms with Crippen LogP contribution in [0.1, 0.15) is 0 Å². The van der Waals surface area contributed by atoms with Gasteiger partial charge in [0.1, 0.15) is 5.44 Å². The van der Waals surface area contributed by atoms with Crippen molar-refractivity contribution < 1.29 is 33.7 Å². The monoisotopic (exact) mass is 269 g/mol. The Labute approximate surface area is 90.6 Å². The van der Waals surface area contributed by atoms with Crippen LogP contribution in [0.3, 0.4) is 0 Å². The summed E-state index contributed by atoms with van der Waals surface area (Å²) in [6.45, 7) is 0. The van der Waals surface area contributed by atoms with Crippen LogP contribution in [-0.4, -0.2) is 30.7 Å². The van der Waals surface area contributed by atoms with E-state index in [2.05, 4.69) is 9.51 Å². The molecule has 90 valence electrons. The van der Waals surface area contributed by atoms with E-state index in [1.54, 1.807) is 0 Å². The predicted octanol–water partition coefficient (Wildman–Crippen LogP) is -1.03. The summed E-state index contributed by atoms with van der Waals surface area (Å²) >= 11 is 0. The Morgan fingerprint density at radius 3 is 2.50 bits per heavy atom. The van der Waals surface area contributed by atoms with Crippen molar-refractivity contribution in [2.24, 2.45) is 0 Å². The molecule has 0 bridgehead atoms. The minimum atomic E-state index is -4.86. The zero-order valence-corrected chi connectivity index (χ0v) is 9.61. The molecule has 0 spiro atoms. The zero-order valence-electron chi connectivity index (χ0n) is 7.72. The maximum Gasteiger partial charge on any atom is 0.371 e. The van der Waals surface area contributed by atoms with Gasteiger partial charge in [0.05, 0.1) is 0 Å². The number of hydrogen-bond donors (Lipinski definition) is 4. The highest BCUT2D eigenvalue weighted by Crippen LogP contribution is 2.52. The Morgan fingerprint density at radius 2 is 2.06 bits per heavy atom. The second kappa shape index (κ2) is 4.73. The first kappa shape index (κ1) is 13.5. The van der Waals surface area contributed by atoms with Gasteiger partial charge in [0.2, 0.25) is 0 Å². The van der Waals surface area contributed by atoms with E-state index in [0.717, 1.165) is 12.3 Å². The number of nitrogens with zero attached hydrogens (tertiary/aromatic N) is 1. The topological polar surface area (TPSA) is 137 Å². The molecule has 0 aliphatic rings. The number of aromatic nitrogens is 1. The Hall–Kier alpha value is -0.590. The molecule has 1 rings (SSSR count). The van der Waals surface area contributed by atoms with Crippen LogP contribution >= 0.6 is 15.6 Å². The van der Waals surface area contributed by atoms with Crippen LogP contribution in [0.2, 0.25) is 0 Å². The minimum absolute atomic E-state index is 0.553. The Bertz CT molecular complexity index is 434. The van der Waals surface area contributed by atoms with Crippen LogP contribution in [0.4, 0.5) is 0 Å². The largest absolute Gasteiger partial charge is 0.371 e. The molecule has 0 aliphatic heterocycles. The molecule has 2 unspecified atom stereocenters. The van der Waals surface area contributed by atoms with Gasteiger partial charge < -0.3 is 20.0 Å². The van der Waals surface area contributed by atoms with Gasteiger partial charge in [-0.3, -0.25) is 14.1 Å². The number of hydrogen-bond acceptors (Lipinski definition) is 6. The quantitative estimate of drug-likeness (QED) is 0.402. The van der Waals surface area contributed by atoms with Gasteiger partial charge in [-0.05, 0) is 12.1 Å². The van der Waals surface area contributed by atoms with Crippen LogP contribution in [0.15, 0.2) is 24.4 Å². The highest BCUT2D eigenvalue weighted by Gasteiger charge is 2.50. The van der Waals surface area contributed by atoms with Gasteiger partial charge in [-0.2, -0.15) is 0 Å². The van der Waals surface area contributed by atoms with Crippen molar-refractivity contribution in [1.29, 1.82) is 0 Å². The molecule has 2 atom stereocenters. The Morgan fingerprint density at radius 1 is 1.44 bits per heavy atom. The average molecular weight is 269 g/mol. The lowest BCUT2D eigenvalue weighted by Gasteiger charge is -2.24. The first-order valence-electron chi connectivity index (χ1n) is 3.88. The smallest absolute Gasteiger partial charge is 0.335 e. The number of pyridine rings is 1. The maximum atomic E-state index is 11.6. The van der Waals surface area contributed by atoms with E-state index in [9.17, 15) is 14.0 Å². The van der Waals surface area contributed by atoms with Gasteiger partial charge in [0.15, 0.2) is 0 Å². The lowest BCUT2D eigenvalue weighted by atomic mass is 10.5. The molecule has 0 aliphatic carbocycles. The van der Waals surface area contributed by atoms with Crippen LogP contribution < -0.4 is 5.44 Å². The lowest BCUT2D eigenvalue weighted by Crippen LogP contribution is -2.34. The molecule has 0 saturated carbocycles. The Kier molecular flexibility index (Phi) is 3.98. The summed E-state index contributed by atoms with van der Waals surface area (Å²) in [5.74, 6) is 0. The molecular formula is C6H9NO7P2. The van der Waals surface area contributed by atoms with Crippen LogP contribution in [-0.2, 0) is 13.7 Å². The Balaban J connectivity index is 3.11. The summed E-state index contributed by atoms with van der Waals surface area (Å²) in [4.78, 5) is 21.2. The van der Waals surface area contributed by atoms with E-state index in [1.807, 2.05) is 0 Å². The fourth-order valence-corrected chi connectivity index (χ4v) is 2.63. The van der Waals surface area contributed by atoms with Crippen molar-refractivity contribution in [3.8, 4) is 0 Å². The summed E-state index contributed by atoms with van der Waals surface area (Å²) in [6, 6.07) is 3.83. The summed E-state index contributed by atoms with van der Waals surface area (Å²) < 4.78 is 25.6. The van der Waals surface area contributed by atoms with Gasteiger partial charge in [-0.1, -0.05) is 6.07 Å². The first-order chi connectivity index (χ1) is 7.27. The SMILES string of the molecule is O=[PH](O)OC(O)(O)P(=O)(O)c1ccccn1. The van der Waals surface area contributed by atoms with Crippen molar-refractivity contribution in [1.82, 2.24) is 4.98 Å². The molecule has 0 aromatic carbocycles. The minimum Gasteiger partial charge on any atom is -0.335 e. The molecular weight excluding hydrogens is 260 g/mol. The average Bonchev–Trinajstić information content (AvgIpc) is 2.17. The van der Waals surface area contributed by atoms with E-state index < -0.39 is 26.8 Å².